The highest BCUT2D eigenvalue weighted by molar-refractivity contribution is 6.25. The Hall–Kier alpha value is -5.72. The van der Waals surface area contributed by atoms with Gasteiger partial charge in [-0.1, -0.05) is 30.4 Å². The van der Waals surface area contributed by atoms with Crippen molar-refractivity contribution in [1.82, 2.24) is 0 Å². The van der Waals surface area contributed by atoms with Gasteiger partial charge in [-0.05, 0) is 24.3 Å². The SMILES string of the molecule is O=C(C1=CC=CC2(C(=O)c3ccc(C(=O)O)c(C(=O)O)c3)C(=O)OC(=O)C12)c1ccc(C(=O)O)c(C(=O)O)c1. The van der Waals surface area contributed by atoms with Crippen LogP contribution >= 0.6 is 0 Å². The summed E-state index contributed by atoms with van der Waals surface area (Å²) in [5.74, 6) is -13.2. The number of allylic oxidation sites excluding steroid dienone is 2. The van der Waals surface area contributed by atoms with E-state index in [0.29, 0.717) is 6.07 Å². The minimum atomic E-state index is -2.46. The summed E-state index contributed by atoms with van der Waals surface area (Å²) in [5, 5.41) is 37.2. The number of carbonyl (C=O) groups is 8. The van der Waals surface area contributed by atoms with Crippen molar-refractivity contribution in [2.24, 2.45) is 11.3 Å². The highest BCUT2D eigenvalue weighted by Crippen LogP contribution is 2.48. The zero-order valence-corrected chi connectivity index (χ0v) is 19.2. The highest BCUT2D eigenvalue weighted by atomic mass is 16.6. The Bertz CT molecular complexity index is 1620. The van der Waals surface area contributed by atoms with Crippen molar-refractivity contribution >= 4 is 47.4 Å². The molecule has 13 nitrogen and oxygen atoms in total. The maximum Gasteiger partial charge on any atom is 0.336 e. The predicted octanol–water partition coefficient (Wildman–Crippen LogP) is 1.73. The van der Waals surface area contributed by atoms with E-state index in [1.54, 1.807) is 0 Å². The number of carboxylic acids is 4. The quantitative estimate of drug-likeness (QED) is 0.215. The molecule has 1 heterocycles. The average molecular weight is 534 g/mol. The summed E-state index contributed by atoms with van der Waals surface area (Å²) in [6.07, 6.45) is 3.20. The molecule has 4 rings (SSSR count). The number of esters is 2. The van der Waals surface area contributed by atoms with Crippen LogP contribution in [0.4, 0.5) is 0 Å². The monoisotopic (exact) mass is 534 g/mol. The lowest BCUT2D eigenvalue weighted by Crippen LogP contribution is -2.43. The number of ketones is 2. The molecule has 1 aliphatic heterocycles. The normalized spacial score (nSPS) is 19.5. The molecule has 13 heteroatoms. The van der Waals surface area contributed by atoms with E-state index in [-0.39, 0.29) is 5.56 Å². The molecule has 0 bridgehead atoms. The molecular weight excluding hydrogens is 520 g/mol. The number of cyclic esters (lactones) is 2. The van der Waals surface area contributed by atoms with Crippen molar-refractivity contribution in [3.8, 4) is 0 Å². The average Bonchev–Trinajstić information content (AvgIpc) is 3.17. The fraction of sp³-hybridized carbons (Fsp3) is 0.0769. The lowest BCUT2D eigenvalue weighted by molar-refractivity contribution is -0.153. The summed E-state index contributed by atoms with van der Waals surface area (Å²) in [6.45, 7) is 0. The second-order valence-corrected chi connectivity index (χ2v) is 8.39. The molecule has 0 spiro atoms. The van der Waals surface area contributed by atoms with E-state index < -0.39 is 92.1 Å². The van der Waals surface area contributed by atoms with E-state index in [4.69, 9.17) is 4.74 Å². The second kappa shape index (κ2) is 9.30. The van der Waals surface area contributed by atoms with Gasteiger partial charge < -0.3 is 25.2 Å². The topological polar surface area (TPSA) is 227 Å². The number of aromatic carboxylic acids is 4. The smallest absolute Gasteiger partial charge is 0.336 e. The Labute approximate surface area is 216 Å². The first kappa shape index (κ1) is 26.3. The number of ether oxygens (including phenoxy) is 1. The maximum absolute atomic E-state index is 13.7. The summed E-state index contributed by atoms with van der Waals surface area (Å²) >= 11 is 0. The number of carboxylic acid groups (broad SMARTS) is 4. The Morgan fingerprint density at radius 3 is 1.69 bits per heavy atom. The van der Waals surface area contributed by atoms with Gasteiger partial charge in [0.15, 0.2) is 17.0 Å². The first-order valence-electron chi connectivity index (χ1n) is 10.8. The Morgan fingerprint density at radius 1 is 0.692 bits per heavy atom. The molecular formula is C26H14O13. The maximum atomic E-state index is 13.7. The van der Waals surface area contributed by atoms with Crippen LogP contribution in [0.5, 0.6) is 0 Å². The van der Waals surface area contributed by atoms with Crippen LogP contribution in [0.1, 0.15) is 62.1 Å². The van der Waals surface area contributed by atoms with Gasteiger partial charge in [0.1, 0.15) is 5.92 Å². The van der Waals surface area contributed by atoms with Gasteiger partial charge in [0.05, 0.1) is 22.3 Å². The van der Waals surface area contributed by atoms with Crippen LogP contribution in [0.2, 0.25) is 0 Å². The van der Waals surface area contributed by atoms with Gasteiger partial charge >= 0.3 is 35.8 Å². The van der Waals surface area contributed by atoms with Gasteiger partial charge in [-0.25, -0.2) is 19.2 Å². The van der Waals surface area contributed by atoms with Crippen molar-refractivity contribution in [1.29, 1.82) is 0 Å². The van der Waals surface area contributed by atoms with Crippen molar-refractivity contribution in [2.45, 2.75) is 0 Å². The number of Topliss-reactive ketones (excluding diaryl/α,β-unsaturated/α-hetero) is 2. The van der Waals surface area contributed by atoms with E-state index in [2.05, 4.69) is 0 Å². The van der Waals surface area contributed by atoms with Crippen LogP contribution in [0, 0.1) is 11.3 Å². The fourth-order valence-corrected chi connectivity index (χ4v) is 4.48. The van der Waals surface area contributed by atoms with Gasteiger partial charge in [-0.2, -0.15) is 0 Å². The largest absolute Gasteiger partial charge is 0.478 e. The van der Waals surface area contributed by atoms with E-state index >= 15 is 0 Å². The van der Waals surface area contributed by atoms with Gasteiger partial charge in [0, 0.05) is 16.7 Å². The molecule has 0 saturated carbocycles. The Balaban J connectivity index is 1.82. The number of carbonyl (C=O) groups excluding carboxylic acids is 4. The molecule has 0 radical (unpaired) electrons. The lowest BCUT2D eigenvalue weighted by Gasteiger charge is -2.29. The van der Waals surface area contributed by atoms with Crippen LogP contribution in [-0.4, -0.2) is 67.8 Å². The Morgan fingerprint density at radius 2 is 1.18 bits per heavy atom. The van der Waals surface area contributed by atoms with Crippen LogP contribution in [0.25, 0.3) is 0 Å². The van der Waals surface area contributed by atoms with Gasteiger partial charge in [-0.3, -0.25) is 19.2 Å². The molecule has 2 aliphatic rings. The summed E-state index contributed by atoms with van der Waals surface area (Å²) in [7, 11) is 0. The number of benzene rings is 2. The lowest BCUT2D eigenvalue weighted by atomic mass is 9.65. The minimum absolute atomic E-state index is 0.369. The molecule has 196 valence electrons. The molecule has 0 aromatic heterocycles. The molecule has 4 N–H and O–H groups in total. The van der Waals surface area contributed by atoms with E-state index in [1.807, 2.05) is 0 Å². The highest BCUT2D eigenvalue weighted by Gasteiger charge is 2.64. The van der Waals surface area contributed by atoms with E-state index in [9.17, 15) is 58.8 Å². The minimum Gasteiger partial charge on any atom is -0.478 e. The van der Waals surface area contributed by atoms with Gasteiger partial charge in [0.2, 0.25) is 0 Å². The van der Waals surface area contributed by atoms with Crippen LogP contribution < -0.4 is 0 Å². The van der Waals surface area contributed by atoms with Gasteiger partial charge in [-0.15, -0.1) is 0 Å². The number of hydrogen-bond donors (Lipinski definition) is 4. The second-order valence-electron chi connectivity index (χ2n) is 8.39. The van der Waals surface area contributed by atoms with Crippen LogP contribution in [0.3, 0.4) is 0 Å². The summed E-state index contributed by atoms with van der Waals surface area (Å²) in [4.78, 5) is 98.6. The molecule has 2 aromatic carbocycles. The zero-order valence-electron chi connectivity index (χ0n) is 19.2. The zero-order chi connectivity index (χ0) is 28.8. The van der Waals surface area contributed by atoms with E-state index in [0.717, 1.165) is 48.6 Å². The molecule has 0 amide bonds. The van der Waals surface area contributed by atoms with Crippen LogP contribution in [-0.2, 0) is 14.3 Å². The molecule has 39 heavy (non-hydrogen) atoms. The standard InChI is InChI=1S/C26H14O13/c27-18(10-3-5-12(20(29)30)15(8-10)22(33)34)14-2-1-7-26(17(14)24(37)39-25(26)38)19(28)11-4-6-13(21(31)32)16(9-11)23(35)36/h1-9,17H,(H,29,30)(H,31,32)(H,33,34)(H,35,36). The summed E-state index contributed by atoms with van der Waals surface area (Å²) in [6, 6.07) is 5.12. The van der Waals surface area contributed by atoms with Crippen molar-refractivity contribution < 1.29 is 63.5 Å². The molecule has 2 unspecified atom stereocenters. The van der Waals surface area contributed by atoms with Crippen molar-refractivity contribution in [3.63, 3.8) is 0 Å². The number of rotatable bonds is 8. The van der Waals surface area contributed by atoms with Crippen LogP contribution in [0.15, 0.2) is 60.2 Å². The fourth-order valence-electron chi connectivity index (χ4n) is 4.48. The first-order valence-corrected chi connectivity index (χ1v) is 10.8. The first-order chi connectivity index (χ1) is 18.3. The predicted molar refractivity (Wildman–Crippen MR) is 124 cm³/mol. The molecule has 1 aliphatic carbocycles. The summed E-state index contributed by atoms with van der Waals surface area (Å²) in [5.41, 5.74) is -6.52. The summed E-state index contributed by atoms with van der Waals surface area (Å²) < 4.78 is 4.70. The van der Waals surface area contributed by atoms with Gasteiger partial charge in [0.25, 0.3) is 0 Å². The molecule has 1 fully saturated rings. The molecule has 2 atom stereocenters. The van der Waals surface area contributed by atoms with E-state index in [1.165, 1.54) is 0 Å². The van der Waals surface area contributed by atoms with Crippen molar-refractivity contribution in [3.05, 3.63) is 93.6 Å². The number of fused-ring (bicyclic) bond motifs is 1. The molecule has 1 saturated heterocycles. The van der Waals surface area contributed by atoms with Crippen molar-refractivity contribution in [2.75, 3.05) is 0 Å². The molecule has 2 aromatic rings. The third kappa shape index (κ3) is 4.07. The Kier molecular flexibility index (Phi) is 6.28. The third-order valence-electron chi connectivity index (χ3n) is 6.29. The number of hydrogen-bond acceptors (Lipinski definition) is 9. The third-order valence-corrected chi connectivity index (χ3v) is 6.29.